The van der Waals surface area contributed by atoms with Gasteiger partial charge in [0, 0.05) is 49.8 Å². The van der Waals surface area contributed by atoms with E-state index in [1.54, 1.807) is 18.6 Å². The summed E-state index contributed by atoms with van der Waals surface area (Å²) in [5, 5.41) is 0. The molecule has 0 aliphatic carbocycles. The van der Waals surface area contributed by atoms with Crippen LogP contribution in [-0.4, -0.2) is 64.1 Å². The molecule has 2 aromatic rings. The van der Waals surface area contributed by atoms with Gasteiger partial charge in [0.2, 0.25) is 0 Å². The van der Waals surface area contributed by atoms with Crippen molar-refractivity contribution in [3.05, 3.63) is 41.1 Å². The van der Waals surface area contributed by atoms with Gasteiger partial charge in [-0.25, -0.2) is 4.98 Å². The standard InChI is InChI=1S/C18H23N5O2/c1-12-17(14(3)24)13(2)21-18(12)15(25)11-22-6-8-23(9-7-22)16-10-19-4-5-20-16/h4-5,10,21H,6-9,11H2,1-3H3. The Hall–Kier alpha value is -2.54. The zero-order chi connectivity index (χ0) is 18.0. The van der Waals surface area contributed by atoms with E-state index in [1.165, 1.54) is 6.92 Å². The lowest BCUT2D eigenvalue weighted by atomic mass is 10.1. The minimum atomic E-state index is -0.0112. The molecule has 1 aliphatic rings. The average molecular weight is 341 g/mol. The van der Waals surface area contributed by atoms with Gasteiger partial charge in [0.15, 0.2) is 11.6 Å². The third-order valence-electron chi connectivity index (χ3n) is 4.68. The van der Waals surface area contributed by atoms with Crippen molar-refractivity contribution in [2.45, 2.75) is 20.8 Å². The molecule has 0 aromatic carbocycles. The molecule has 0 atom stereocenters. The summed E-state index contributed by atoms with van der Waals surface area (Å²) in [5.41, 5.74) is 2.71. The van der Waals surface area contributed by atoms with Gasteiger partial charge in [-0.1, -0.05) is 0 Å². The summed E-state index contributed by atoms with van der Waals surface area (Å²) in [4.78, 5) is 40.2. The number of aryl methyl sites for hydroxylation is 1. The third-order valence-corrected chi connectivity index (χ3v) is 4.68. The fourth-order valence-corrected chi connectivity index (χ4v) is 3.43. The van der Waals surface area contributed by atoms with E-state index in [4.69, 9.17) is 0 Å². The molecule has 1 aliphatic heterocycles. The molecule has 0 bridgehead atoms. The number of rotatable bonds is 5. The Balaban J connectivity index is 1.62. The first-order valence-corrected chi connectivity index (χ1v) is 8.44. The van der Waals surface area contributed by atoms with Gasteiger partial charge in [0.05, 0.1) is 18.4 Å². The number of aromatic nitrogens is 3. The zero-order valence-electron chi connectivity index (χ0n) is 14.9. The molecular weight excluding hydrogens is 318 g/mol. The van der Waals surface area contributed by atoms with Crippen LogP contribution in [0.1, 0.15) is 39.0 Å². The smallest absolute Gasteiger partial charge is 0.193 e. The predicted octanol–water partition coefficient (Wildman–Crippen LogP) is 1.63. The van der Waals surface area contributed by atoms with Crippen LogP contribution < -0.4 is 4.90 Å². The van der Waals surface area contributed by atoms with Crippen molar-refractivity contribution in [3.63, 3.8) is 0 Å². The highest BCUT2D eigenvalue weighted by Gasteiger charge is 2.24. The van der Waals surface area contributed by atoms with Crippen molar-refractivity contribution in [1.82, 2.24) is 19.9 Å². The van der Waals surface area contributed by atoms with Crippen molar-refractivity contribution in [2.75, 3.05) is 37.6 Å². The number of hydrogen-bond acceptors (Lipinski definition) is 6. The Morgan fingerprint density at radius 1 is 1.16 bits per heavy atom. The second-order valence-corrected chi connectivity index (χ2v) is 6.43. The summed E-state index contributed by atoms with van der Waals surface area (Å²) in [5.74, 6) is 0.888. The maximum atomic E-state index is 12.7. The summed E-state index contributed by atoms with van der Waals surface area (Å²) in [6.45, 7) is 8.76. The lowest BCUT2D eigenvalue weighted by molar-refractivity contribution is 0.0921. The largest absolute Gasteiger partial charge is 0.355 e. The number of ketones is 2. The van der Waals surface area contributed by atoms with E-state index >= 15 is 0 Å². The van der Waals surface area contributed by atoms with Crippen LogP contribution in [0.3, 0.4) is 0 Å². The van der Waals surface area contributed by atoms with E-state index in [0.29, 0.717) is 17.8 Å². The number of carbonyl (C=O) groups is 2. The quantitative estimate of drug-likeness (QED) is 0.833. The highest BCUT2D eigenvalue weighted by Crippen LogP contribution is 2.19. The van der Waals surface area contributed by atoms with Gasteiger partial charge in [0.25, 0.3) is 0 Å². The minimum Gasteiger partial charge on any atom is -0.355 e. The van der Waals surface area contributed by atoms with Gasteiger partial charge >= 0.3 is 0 Å². The van der Waals surface area contributed by atoms with E-state index in [1.807, 2.05) is 13.8 Å². The van der Waals surface area contributed by atoms with E-state index in [2.05, 4.69) is 24.8 Å². The Morgan fingerprint density at radius 2 is 1.88 bits per heavy atom. The molecule has 1 N–H and O–H groups in total. The molecule has 3 rings (SSSR count). The first-order chi connectivity index (χ1) is 12.0. The molecule has 2 aromatic heterocycles. The number of nitrogens with zero attached hydrogens (tertiary/aromatic N) is 4. The maximum absolute atomic E-state index is 12.7. The van der Waals surface area contributed by atoms with E-state index in [0.717, 1.165) is 43.3 Å². The summed E-state index contributed by atoms with van der Waals surface area (Å²) >= 11 is 0. The Morgan fingerprint density at radius 3 is 2.44 bits per heavy atom. The van der Waals surface area contributed by atoms with Crippen LogP contribution in [-0.2, 0) is 0 Å². The highest BCUT2D eigenvalue weighted by molar-refractivity contribution is 6.03. The fourth-order valence-electron chi connectivity index (χ4n) is 3.43. The summed E-state index contributed by atoms with van der Waals surface area (Å²) in [6, 6.07) is 0. The van der Waals surface area contributed by atoms with Gasteiger partial charge in [-0.3, -0.25) is 19.5 Å². The number of hydrogen-bond donors (Lipinski definition) is 1. The van der Waals surface area contributed by atoms with Gasteiger partial charge in [-0.2, -0.15) is 0 Å². The van der Waals surface area contributed by atoms with Crippen molar-refractivity contribution in [3.8, 4) is 0 Å². The lowest BCUT2D eigenvalue weighted by Crippen LogP contribution is -2.48. The lowest BCUT2D eigenvalue weighted by Gasteiger charge is -2.34. The first kappa shape index (κ1) is 17.3. The van der Waals surface area contributed by atoms with Gasteiger partial charge < -0.3 is 9.88 Å². The van der Waals surface area contributed by atoms with Crippen LogP contribution in [0.25, 0.3) is 0 Å². The van der Waals surface area contributed by atoms with Gasteiger partial charge in [-0.15, -0.1) is 0 Å². The Bertz CT molecular complexity index is 776. The molecule has 7 nitrogen and oxygen atoms in total. The number of piperazine rings is 1. The normalized spacial score (nSPS) is 15.4. The van der Waals surface area contributed by atoms with E-state index in [9.17, 15) is 9.59 Å². The number of Topliss-reactive ketones (excluding diaryl/α,β-unsaturated/α-hetero) is 2. The molecule has 1 saturated heterocycles. The second kappa shape index (κ2) is 7.14. The van der Waals surface area contributed by atoms with Crippen molar-refractivity contribution < 1.29 is 9.59 Å². The van der Waals surface area contributed by atoms with Crippen LogP contribution in [0.5, 0.6) is 0 Å². The monoisotopic (exact) mass is 341 g/mol. The van der Waals surface area contributed by atoms with E-state index < -0.39 is 0 Å². The van der Waals surface area contributed by atoms with Gasteiger partial charge in [0.1, 0.15) is 5.82 Å². The van der Waals surface area contributed by atoms with Crippen LogP contribution in [0.2, 0.25) is 0 Å². The first-order valence-electron chi connectivity index (χ1n) is 8.44. The van der Waals surface area contributed by atoms with E-state index in [-0.39, 0.29) is 11.6 Å². The molecule has 1 fully saturated rings. The molecule has 0 spiro atoms. The molecule has 132 valence electrons. The molecular formula is C18H23N5O2. The number of nitrogens with one attached hydrogen (secondary N) is 1. The second-order valence-electron chi connectivity index (χ2n) is 6.43. The molecule has 3 heterocycles. The molecule has 7 heteroatoms. The predicted molar refractivity (Wildman–Crippen MR) is 95.3 cm³/mol. The molecule has 0 saturated carbocycles. The zero-order valence-corrected chi connectivity index (χ0v) is 14.9. The molecule has 0 radical (unpaired) electrons. The number of H-pyrrole nitrogens is 1. The van der Waals surface area contributed by atoms with Crippen LogP contribution in [0.15, 0.2) is 18.6 Å². The fraction of sp³-hybridized carbons (Fsp3) is 0.444. The topological polar surface area (TPSA) is 82.2 Å². The SMILES string of the molecule is CC(=O)c1c(C)[nH]c(C(=O)CN2CCN(c3cnccn3)CC2)c1C. The number of aromatic amines is 1. The minimum absolute atomic E-state index is 0.0112. The maximum Gasteiger partial charge on any atom is 0.193 e. The summed E-state index contributed by atoms with van der Waals surface area (Å²) in [7, 11) is 0. The van der Waals surface area contributed by atoms with Crippen molar-refractivity contribution in [1.29, 1.82) is 0 Å². The molecule has 25 heavy (non-hydrogen) atoms. The van der Waals surface area contributed by atoms with Crippen LogP contribution >= 0.6 is 0 Å². The van der Waals surface area contributed by atoms with Crippen LogP contribution in [0.4, 0.5) is 5.82 Å². The number of anilines is 1. The van der Waals surface area contributed by atoms with Gasteiger partial charge in [-0.05, 0) is 26.3 Å². The Kier molecular flexibility index (Phi) is 4.94. The van der Waals surface area contributed by atoms with Crippen molar-refractivity contribution in [2.24, 2.45) is 0 Å². The molecule has 0 amide bonds. The summed E-state index contributed by atoms with van der Waals surface area (Å²) < 4.78 is 0. The number of carbonyl (C=O) groups excluding carboxylic acids is 2. The summed E-state index contributed by atoms with van der Waals surface area (Å²) in [6.07, 6.45) is 5.11. The average Bonchev–Trinajstić information content (AvgIpc) is 2.91. The molecule has 0 unspecified atom stereocenters. The third kappa shape index (κ3) is 3.61. The Labute approximate surface area is 147 Å². The van der Waals surface area contributed by atoms with Crippen LogP contribution in [0, 0.1) is 13.8 Å². The highest BCUT2D eigenvalue weighted by atomic mass is 16.1. The van der Waals surface area contributed by atoms with Crippen molar-refractivity contribution >= 4 is 17.4 Å².